The van der Waals surface area contributed by atoms with Crippen LogP contribution in [0.5, 0.6) is 0 Å². The van der Waals surface area contributed by atoms with Crippen molar-refractivity contribution in [3.63, 3.8) is 0 Å². The number of benzene rings is 4. The maximum atomic E-state index is 15.8. The molecular formula is C92H124N2O2S6. The Morgan fingerprint density at radius 1 is 0.343 bits per heavy atom. The average molecular weight is 1480 g/mol. The summed E-state index contributed by atoms with van der Waals surface area (Å²) in [7, 11) is 0. The quantitative estimate of drug-likeness (QED) is 0.0382. The number of nitrogens with zero attached hydrogens (tertiary/aromatic N) is 2. The minimum absolute atomic E-state index is 0.0412. The van der Waals surface area contributed by atoms with E-state index in [0.29, 0.717) is 45.9 Å². The van der Waals surface area contributed by atoms with Gasteiger partial charge in [0.25, 0.3) is 0 Å². The number of thiophene rings is 5. The molecule has 0 spiro atoms. The lowest BCUT2D eigenvalue weighted by Gasteiger charge is -2.24. The first-order valence-electron chi connectivity index (χ1n) is 41.3. The van der Waals surface area contributed by atoms with E-state index in [1.54, 1.807) is 22.5 Å². The van der Waals surface area contributed by atoms with Gasteiger partial charge < -0.3 is 0 Å². The van der Waals surface area contributed by atoms with E-state index in [9.17, 15) is 0 Å². The van der Waals surface area contributed by atoms with E-state index >= 15 is 9.59 Å². The minimum Gasteiger partial charge on any atom is -0.289 e. The third kappa shape index (κ3) is 17.3. The summed E-state index contributed by atoms with van der Waals surface area (Å²) < 4.78 is 16.4. The van der Waals surface area contributed by atoms with Crippen LogP contribution in [0.15, 0.2) is 48.5 Å². The molecule has 10 heteroatoms. The van der Waals surface area contributed by atoms with Gasteiger partial charge in [-0.25, -0.2) is 0 Å². The largest absolute Gasteiger partial charge is 0.289 e. The standard InChI is InChI=1S/C92H124N2O2S6/c1-15-27-33-59(21-7)39-43-67-75-49-57(13)97-88(75)68(44-40-60(22-8)34-28-16-2)76-54-79(99-89(67)76)71-47-48-72(85-84(71)93-102-94-85)80-55-77-69(45-41-61(23-9)35-29-17-3)91-78(70(90(77)100-80)46-42-62(24-10)36-30-18-4)56-81(101-91)92-83-82(58(14)98-92)86(95)73-52-65(50-63(25-11)37-31-19-5)66(53-74(73)87(83)96)51-64(26-12)38-32-20-6/h47-49,52-56,59-64H,15-46,50-51H2,1-14H3. The number of hydrogen-bond acceptors (Lipinski definition) is 10. The molecule has 0 aliphatic heterocycles. The first-order valence-corrected chi connectivity index (χ1v) is 46.2. The molecular weight excluding hydrogens is 1360 g/mol. The molecule has 0 saturated heterocycles. The Balaban J connectivity index is 1.06. The Morgan fingerprint density at radius 2 is 0.667 bits per heavy atom. The van der Waals surface area contributed by atoms with Crippen molar-refractivity contribution in [1.29, 1.82) is 0 Å². The van der Waals surface area contributed by atoms with Crippen molar-refractivity contribution >= 4 is 131 Å². The van der Waals surface area contributed by atoms with Crippen molar-refractivity contribution in [2.24, 2.45) is 35.5 Å². The average Bonchev–Trinajstić information content (AvgIpc) is 1.55. The predicted octanol–water partition coefficient (Wildman–Crippen LogP) is 31.1. The molecule has 6 heterocycles. The fourth-order valence-electron chi connectivity index (χ4n) is 17.6. The molecule has 102 heavy (non-hydrogen) atoms. The summed E-state index contributed by atoms with van der Waals surface area (Å²) in [4.78, 5) is 38.4. The predicted molar refractivity (Wildman–Crippen MR) is 456 cm³/mol. The molecule has 6 aromatic heterocycles. The molecule has 11 rings (SSSR count). The molecule has 0 bridgehead atoms. The van der Waals surface area contributed by atoms with E-state index < -0.39 is 0 Å². The highest BCUT2D eigenvalue weighted by atomic mass is 32.1. The highest BCUT2D eigenvalue weighted by molar-refractivity contribution is 7.27. The molecule has 6 unspecified atom stereocenters. The van der Waals surface area contributed by atoms with Crippen LogP contribution in [0.4, 0.5) is 0 Å². The van der Waals surface area contributed by atoms with Crippen molar-refractivity contribution < 1.29 is 9.59 Å². The van der Waals surface area contributed by atoms with Gasteiger partial charge in [-0.05, 0) is 205 Å². The van der Waals surface area contributed by atoms with Gasteiger partial charge in [0.05, 0.1) is 22.2 Å². The van der Waals surface area contributed by atoms with Gasteiger partial charge in [0.15, 0.2) is 11.6 Å². The summed E-state index contributed by atoms with van der Waals surface area (Å²) in [5, 5.41) is 5.76. The fraction of sp³-hybridized carbons (Fsp3) is 0.587. The van der Waals surface area contributed by atoms with Gasteiger partial charge >= 0.3 is 0 Å². The monoisotopic (exact) mass is 1480 g/mol. The molecule has 0 amide bonds. The van der Waals surface area contributed by atoms with Crippen LogP contribution in [-0.2, 0) is 38.5 Å². The van der Waals surface area contributed by atoms with Gasteiger partial charge in [0, 0.05) is 71.0 Å². The number of ketones is 2. The molecule has 0 fully saturated rings. The lowest BCUT2D eigenvalue weighted by Crippen LogP contribution is -2.22. The molecule has 4 nitrogen and oxygen atoms in total. The summed E-state index contributed by atoms with van der Waals surface area (Å²) in [6.45, 7) is 32.7. The lowest BCUT2D eigenvalue weighted by atomic mass is 9.78. The number of carbonyl (C=O) groups excluding carboxylic acids is 2. The number of hydrogen-bond donors (Lipinski definition) is 0. The van der Waals surface area contributed by atoms with E-state index in [4.69, 9.17) is 8.75 Å². The summed E-state index contributed by atoms with van der Waals surface area (Å²) >= 11 is 11.0. The molecule has 0 N–H and O–H groups in total. The third-order valence-corrected chi connectivity index (χ3v) is 31.0. The Hall–Kier alpha value is -4.42. The van der Waals surface area contributed by atoms with Gasteiger partial charge in [-0.2, -0.15) is 8.75 Å². The highest BCUT2D eigenvalue weighted by Gasteiger charge is 2.38. The third-order valence-electron chi connectivity index (χ3n) is 24.5. The van der Waals surface area contributed by atoms with Crippen molar-refractivity contribution in [2.45, 2.75) is 315 Å². The lowest BCUT2D eigenvalue weighted by molar-refractivity contribution is 0.0980. The molecule has 1 aliphatic rings. The molecule has 0 radical (unpaired) electrons. The second-order valence-corrected chi connectivity index (χ2v) is 37.5. The molecule has 1 aliphatic carbocycles. The van der Waals surface area contributed by atoms with Gasteiger partial charge in [-0.3, -0.25) is 9.59 Å². The van der Waals surface area contributed by atoms with Crippen molar-refractivity contribution in [2.75, 3.05) is 0 Å². The van der Waals surface area contributed by atoms with E-state index in [2.05, 4.69) is 145 Å². The molecule has 550 valence electrons. The molecule has 4 aromatic carbocycles. The van der Waals surface area contributed by atoms with Crippen LogP contribution in [0.25, 0.3) is 82.0 Å². The first-order chi connectivity index (χ1) is 49.7. The van der Waals surface area contributed by atoms with Crippen LogP contribution in [-0.4, -0.2) is 20.3 Å². The second kappa shape index (κ2) is 37.4. The number of rotatable bonds is 43. The van der Waals surface area contributed by atoms with Crippen LogP contribution in [0.3, 0.4) is 0 Å². The zero-order valence-electron chi connectivity index (χ0n) is 65.3. The minimum atomic E-state index is 0.0412. The highest BCUT2D eigenvalue weighted by Crippen LogP contribution is 2.53. The Morgan fingerprint density at radius 3 is 1.03 bits per heavy atom. The van der Waals surface area contributed by atoms with Crippen molar-refractivity contribution in [3.8, 4) is 30.6 Å². The van der Waals surface area contributed by atoms with Crippen LogP contribution in [0, 0.1) is 49.4 Å². The van der Waals surface area contributed by atoms with Crippen molar-refractivity contribution in [3.05, 3.63) is 114 Å². The molecule has 10 aromatic rings. The van der Waals surface area contributed by atoms with E-state index in [-0.39, 0.29) is 11.6 Å². The zero-order chi connectivity index (χ0) is 72.1. The second-order valence-electron chi connectivity index (χ2n) is 31.3. The summed E-state index contributed by atoms with van der Waals surface area (Å²) in [6, 6.07) is 19.5. The Kier molecular flexibility index (Phi) is 28.8. The number of carbonyl (C=O) groups is 2. The Labute approximate surface area is 639 Å². The van der Waals surface area contributed by atoms with Gasteiger partial charge in [0.2, 0.25) is 0 Å². The Bertz CT molecular complexity index is 4290. The number of aromatic nitrogens is 2. The molecule has 0 saturated carbocycles. The topological polar surface area (TPSA) is 59.9 Å². The summed E-state index contributed by atoms with van der Waals surface area (Å²) in [5.41, 5.74) is 15.7. The molecule has 6 atom stereocenters. The van der Waals surface area contributed by atoms with E-state index in [0.717, 1.165) is 102 Å². The van der Waals surface area contributed by atoms with Gasteiger partial charge in [-0.1, -0.05) is 249 Å². The summed E-state index contributed by atoms with van der Waals surface area (Å²) in [5.74, 6) is 3.98. The number of aryl methyl sites for hydroxylation is 6. The zero-order valence-corrected chi connectivity index (χ0v) is 70.2. The normalized spacial score (nSPS) is 14.5. The maximum absolute atomic E-state index is 15.8. The van der Waals surface area contributed by atoms with Gasteiger partial charge in [0.1, 0.15) is 11.0 Å². The smallest absolute Gasteiger partial charge is 0.196 e. The van der Waals surface area contributed by atoms with Gasteiger partial charge in [-0.15, -0.1) is 56.7 Å². The summed E-state index contributed by atoms with van der Waals surface area (Å²) in [6.07, 6.45) is 40.5. The SMILES string of the molecule is CCCCC(CC)CCc1c2cc(-c3ccc(-c4cc5c(CCC(CC)CCCC)c6sc(-c7sc(C)c8c7C(=O)c7cc(CC(CC)CCCC)c(CC(CC)CCCC)cc7C8=O)cc6c(CCC(CC)CCCC)c5s4)c4nsnc34)sc2c(CCC(CC)CCCC)c2cc(C)sc12. The fourth-order valence-corrected chi connectivity index (χ4v) is 24.4. The van der Waals surface area contributed by atoms with Crippen LogP contribution in [0.2, 0.25) is 0 Å². The van der Waals surface area contributed by atoms with Crippen LogP contribution >= 0.6 is 68.4 Å². The number of fused-ring (bicyclic) bond motifs is 7. The maximum Gasteiger partial charge on any atom is 0.196 e. The van der Waals surface area contributed by atoms with Crippen LogP contribution < -0.4 is 0 Å². The number of unbranched alkanes of at least 4 members (excludes halogenated alkanes) is 6. The van der Waals surface area contributed by atoms with E-state index in [1.165, 1.54) is 254 Å². The van der Waals surface area contributed by atoms with Crippen molar-refractivity contribution in [1.82, 2.24) is 8.75 Å². The van der Waals surface area contributed by atoms with Crippen LogP contribution in [0.1, 0.15) is 338 Å². The van der Waals surface area contributed by atoms with E-state index in [1.807, 2.05) is 45.3 Å². The first kappa shape index (κ1) is 78.6.